The molecule has 0 spiro atoms. The van der Waals surface area contributed by atoms with Gasteiger partial charge in [0.05, 0.1) is 18.6 Å². The van der Waals surface area contributed by atoms with Crippen molar-refractivity contribution in [2.75, 3.05) is 12.9 Å². The molecule has 0 radical (unpaired) electrons. The number of aryl methyl sites for hydroxylation is 1. The van der Waals surface area contributed by atoms with Crippen molar-refractivity contribution in [3.63, 3.8) is 0 Å². The smallest absolute Gasteiger partial charge is 0.173 e. The predicted octanol–water partition coefficient (Wildman–Crippen LogP) is 4.44. The lowest BCUT2D eigenvalue weighted by atomic mass is 10.1. The summed E-state index contributed by atoms with van der Waals surface area (Å²) < 4.78 is 5.10. The first kappa shape index (κ1) is 17.2. The first-order valence-corrected chi connectivity index (χ1v) is 8.86. The largest absolute Gasteiger partial charge is 0.497 e. The predicted molar refractivity (Wildman–Crippen MR) is 100 cm³/mol. The quantitative estimate of drug-likeness (QED) is 0.486. The molecule has 3 aromatic rings. The van der Waals surface area contributed by atoms with E-state index >= 15 is 0 Å². The lowest BCUT2D eigenvalue weighted by Gasteiger charge is -2.05. The Hall–Kier alpha value is -2.66. The lowest BCUT2D eigenvalue weighted by molar-refractivity contribution is 0.102. The van der Waals surface area contributed by atoms with E-state index in [9.17, 15) is 4.79 Å². The van der Waals surface area contributed by atoms with Crippen molar-refractivity contribution in [2.45, 2.75) is 11.9 Å². The number of carbonyl (C=O) groups excluding carboxylic acids is 1. The van der Waals surface area contributed by atoms with Crippen LogP contribution in [0.3, 0.4) is 0 Å². The molecule has 4 nitrogen and oxygen atoms in total. The third kappa shape index (κ3) is 4.25. The number of ketones is 1. The minimum absolute atomic E-state index is 0.0532. The standard InChI is InChI=1S/C20H18N2O2S/c1-14-5-3-4-6-17(14)18-11-12-20(22-21-18)25-13-19(23)15-7-9-16(24-2)10-8-15/h3-12H,13H2,1-2H3. The Morgan fingerprint density at radius 2 is 1.76 bits per heavy atom. The highest BCUT2D eigenvalue weighted by atomic mass is 32.2. The molecule has 0 bridgehead atoms. The number of rotatable bonds is 6. The Balaban J connectivity index is 1.63. The van der Waals surface area contributed by atoms with Crippen LogP contribution in [0.25, 0.3) is 11.3 Å². The van der Waals surface area contributed by atoms with Crippen LogP contribution in [0.5, 0.6) is 5.75 Å². The van der Waals surface area contributed by atoms with Crippen molar-refractivity contribution in [2.24, 2.45) is 0 Å². The molecular weight excluding hydrogens is 332 g/mol. The van der Waals surface area contributed by atoms with E-state index in [1.54, 1.807) is 31.4 Å². The van der Waals surface area contributed by atoms with E-state index in [1.165, 1.54) is 11.8 Å². The Morgan fingerprint density at radius 1 is 1.00 bits per heavy atom. The molecule has 0 aliphatic carbocycles. The maximum atomic E-state index is 12.2. The molecule has 0 aliphatic rings. The number of hydrogen-bond acceptors (Lipinski definition) is 5. The second-order valence-corrected chi connectivity index (χ2v) is 6.51. The zero-order valence-electron chi connectivity index (χ0n) is 14.1. The van der Waals surface area contributed by atoms with Crippen LogP contribution in [0.15, 0.2) is 65.7 Å². The van der Waals surface area contributed by atoms with Crippen molar-refractivity contribution < 1.29 is 9.53 Å². The SMILES string of the molecule is COc1ccc(C(=O)CSc2ccc(-c3ccccc3C)nn2)cc1. The van der Waals surface area contributed by atoms with Crippen molar-refractivity contribution >= 4 is 17.5 Å². The average molecular weight is 350 g/mol. The number of benzene rings is 2. The average Bonchev–Trinajstić information content (AvgIpc) is 2.67. The number of hydrogen-bond donors (Lipinski definition) is 0. The molecule has 3 rings (SSSR count). The van der Waals surface area contributed by atoms with Gasteiger partial charge < -0.3 is 4.74 Å². The molecule has 1 heterocycles. The maximum Gasteiger partial charge on any atom is 0.173 e. The van der Waals surface area contributed by atoms with E-state index in [4.69, 9.17) is 4.74 Å². The first-order chi connectivity index (χ1) is 12.2. The molecule has 25 heavy (non-hydrogen) atoms. The summed E-state index contributed by atoms with van der Waals surface area (Å²) in [4.78, 5) is 12.2. The van der Waals surface area contributed by atoms with Crippen LogP contribution in [-0.4, -0.2) is 28.8 Å². The Morgan fingerprint density at radius 3 is 2.40 bits per heavy atom. The molecule has 0 unspecified atom stereocenters. The minimum atomic E-state index is 0.0532. The van der Waals surface area contributed by atoms with Gasteiger partial charge in [-0.15, -0.1) is 10.2 Å². The zero-order chi connectivity index (χ0) is 17.6. The lowest BCUT2D eigenvalue weighted by Crippen LogP contribution is -2.03. The van der Waals surface area contributed by atoms with Crippen LogP contribution in [0.4, 0.5) is 0 Å². The molecule has 0 aliphatic heterocycles. The van der Waals surface area contributed by atoms with E-state index < -0.39 is 0 Å². The summed E-state index contributed by atoms with van der Waals surface area (Å²) in [7, 11) is 1.60. The van der Waals surface area contributed by atoms with Gasteiger partial charge in [0.15, 0.2) is 5.78 Å². The summed E-state index contributed by atoms with van der Waals surface area (Å²) in [5.74, 6) is 1.12. The van der Waals surface area contributed by atoms with Crippen molar-refractivity contribution in [3.05, 3.63) is 71.8 Å². The molecule has 0 saturated carbocycles. The minimum Gasteiger partial charge on any atom is -0.497 e. The molecule has 0 N–H and O–H groups in total. The van der Waals surface area contributed by atoms with E-state index in [-0.39, 0.29) is 5.78 Å². The van der Waals surface area contributed by atoms with E-state index in [2.05, 4.69) is 10.2 Å². The van der Waals surface area contributed by atoms with Crippen molar-refractivity contribution in [1.29, 1.82) is 0 Å². The van der Waals surface area contributed by atoms with Crippen LogP contribution in [-0.2, 0) is 0 Å². The highest BCUT2D eigenvalue weighted by Gasteiger charge is 2.09. The summed E-state index contributed by atoms with van der Waals surface area (Å²) in [5, 5.41) is 9.25. The Labute approximate surface area is 151 Å². The Kier molecular flexibility index (Phi) is 5.46. The van der Waals surface area contributed by atoms with Crippen LogP contribution < -0.4 is 4.74 Å². The first-order valence-electron chi connectivity index (χ1n) is 7.87. The van der Waals surface area contributed by atoms with Gasteiger partial charge in [-0.25, -0.2) is 0 Å². The van der Waals surface area contributed by atoms with Crippen molar-refractivity contribution in [3.8, 4) is 17.0 Å². The van der Waals surface area contributed by atoms with E-state index in [0.29, 0.717) is 11.3 Å². The summed E-state index contributed by atoms with van der Waals surface area (Å²) in [5.41, 5.74) is 3.73. The number of methoxy groups -OCH3 is 1. The van der Waals surface area contributed by atoms with E-state index in [1.807, 2.05) is 43.3 Å². The van der Waals surface area contributed by atoms with Gasteiger partial charge in [0.1, 0.15) is 10.8 Å². The highest BCUT2D eigenvalue weighted by Crippen LogP contribution is 2.23. The normalized spacial score (nSPS) is 10.5. The second kappa shape index (κ2) is 7.94. The summed E-state index contributed by atoms with van der Waals surface area (Å²) in [6.07, 6.45) is 0. The van der Waals surface area contributed by atoms with Gasteiger partial charge in [-0.3, -0.25) is 4.79 Å². The van der Waals surface area contributed by atoms with Gasteiger partial charge in [0, 0.05) is 11.1 Å². The number of carbonyl (C=O) groups is 1. The van der Waals surface area contributed by atoms with Gasteiger partial charge in [0.2, 0.25) is 0 Å². The van der Waals surface area contributed by atoms with Gasteiger partial charge in [-0.1, -0.05) is 36.0 Å². The number of Topliss-reactive ketones (excluding diaryl/α,β-unsaturated/α-hetero) is 1. The highest BCUT2D eigenvalue weighted by molar-refractivity contribution is 7.99. The number of thioether (sulfide) groups is 1. The van der Waals surface area contributed by atoms with E-state index in [0.717, 1.165) is 27.6 Å². The molecule has 1 aromatic heterocycles. The van der Waals surface area contributed by atoms with Crippen LogP contribution >= 0.6 is 11.8 Å². The summed E-state index contributed by atoms with van der Waals surface area (Å²) in [6, 6.07) is 19.0. The topological polar surface area (TPSA) is 52.1 Å². The van der Waals surface area contributed by atoms with Gasteiger partial charge in [-0.2, -0.15) is 0 Å². The third-order valence-corrected chi connectivity index (χ3v) is 4.74. The molecule has 126 valence electrons. The number of aromatic nitrogens is 2. The fourth-order valence-electron chi connectivity index (χ4n) is 2.40. The molecule has 5 heteroatoms. The number of nitrogens with zero attached hydrogens (tertiary/aromatic N) is 2. The second-order valence-electron chi connectivity index (χ2n) is 5.51. The number of ether oxygens (including phenoxy) is 1. The Bertz CT molecular complexity index is 862. The van der Waals surface area contributed by atoms with Gasteiger partial charge in [-0.05, 0) is 48.9 Å². The zero-order valence-corrected chi connectivity index (χ0v) is 14.9. The fraction of sp³-hybridized carbons (Fsp3) is 0.150. The molecule has 0 fully saturated rings. The fourth-order valence-corrected chi connectivity index (χ4v) is 3.11. The van der Waals surface area contributed by atoms with Crippen LogP contribution in [0.1, 0.15) is 15.9 Å². The molecular formula is C20H18N2O2S. The van der Waals surface area contributed by atoms with Gasteiger partial charge >= 0.3 is 0 Å². The molecule has 0 amide bonds. The molecule has 2 aromatic carbocycles. The third-order valence-electron chi connectivity index (χ3n) is 3.82. The summed E-state index contributed by atoms with van der Waals surface area (Å²) >= 11 is 1.39. The van der Waals surface area contributed by atoms with Gasteiger partial charge in [0.25, 0.3) is 0 Å². The summed E-state index contributed by atoms with van der Waals surface area (Å²) in [6.45, 7) is 2.05. The molecule has 0 atom stereocenters. The van der Waals surface area contributed by atoms with Crippen LogP contribution in [0.2, 0.25) is 0 Å². The molecule has 0 saturated heterocycles. The monoisotopic (exact) mass is 350 g/mol. The van der Waals surface area contributed by atoms with Crippen LogP contribution in [0, 0.1) is 6.92 Å². The van der Waals surface area contributed by atoms with Crippen molar-refractivity contribution in [1.82, 2.24) is 10.2 Å². The maximum absolute atomic E-state index is 12.2.